The van der Waals surface area contributed by atoms with Crippen LogP contribution in [0.4, 0.5) is 0 Å². The van der Waals surface area contributed by atoms with Crippen LogP contribution in [0.5, 0.6) is 5.75 Å². The van der Waals surface area contributed by atoms with Crippen molar-refractivity contribution in [2.75, 3.05) is 26.2 Å². The van der Waals surface area contributed by atoms with E-state index in [1.807, 2.05) is 0 Å². The van der Waals surface area contributed by atoms with Crippen LogP contribution in [0.15, 0.2) is 24.3 Å². The Morgan fingerprint density at radius 2 is 1.66 bits per heavy atom. The molecular weight excluding hydrogens is 578 g/mol. The molecule has 0 aromatic heterocycles. The average molecular weight is 618 g/mol. The third kappa shape index (κ3) is 9.13. The van der Waals surface area contributed by atoms with Crippen molar-refractivity contribution in [2.45, 2.75) is 69.8 Å². The van der Waals surface area contributed by atoms with Gasteiger partial charge in [0.05, 0.1) is 19.2 Å². The van der Waals surface area contributed by atoms with Crippen LogP contribution in [0.25, 0.3) is 0 Å². The molecule has 0 unspecified atom stereocenters. The van der Waals surface area contributed by atoms with E-state index in [2.05, 4.69) is 21.3 Å². The lowest BCUT2D eigenvalue weighted by atomic mass is 10.0. The van der Waals surface area contributed by atoms with Gasteiger partial charge in [-0.2, -0.15) is 0 Å². The summed E-state index contributed by atoms with van der Waals surface area (Å²) < 4.78 is 0. The third-order valence-corrected chi connectivity index (χ3v) is 7.37. The van der Waals surface area contributed by atoms with E-state index in [9.17, 15) is 43.8 Å². The summed E-state index contributed by atoms with van der Waals surface area (Å²) in [5, 5.41) is 29.7. The predicted octanol–water partition coefficient (Wildman–Crippen LogP) is -3.39. The van der Waals surface area contributed by atoms with Gasteiger partial charge in [-0.3, -0.25) is 33.6 Å². The molecule has 8 N–H and O–H groups in total. The SMILES string of the molecule is CC(=O)N[C@H](Cc1ccc(O)cc1)C(=O)N1C[C@@H](O)C[C@@H]1C(=O)N1CCC[C@@H]1C(=O)NCC(=O)N[C@H](C)C(=O)NCC(N)=O. The number of hydrogen-bond acceptors (Lipinski definition) is 9. The van der Waals surface area contributed by atoms with Crippen LogP contribution >= 0.6 is 0 Å². The minimum atomic E-state index is -1.08. The Labute approximate surface area is 253 Å². The summed E-state index contributed by atoms with van der Waals surface area (Å²) in [6.07, 6.45) is -0.177. The van der Waals surface area contributed by atoms with E-state index in [-0.39, 0.29) is 31.7 Å². The maximum atomic E-state index is 13.7. The standard InChI is InChI=1S/C28H39N7O9/c1-15(25(41)30-12-23(29)39)32-24(40)13-31-26(42)21-4-3-9-34(21)28(44)22-11-19(38)14-35(22)27(43)20(33-16(2)36)10-17-5-7-18(37)8-6-17/h5-8,15,19-22,37-38H,3-4,9-14H2,1-2H3,(H2,29,39)(H,30,41)(H,31,42)(H,32,40)(H,33,36)/t15-,19+,20-,21-,22-/m1/s1. The molecule has 2 fully saturated rings. The van der Waals surface area contributed by atoms with Gasteiger partial charge in [-0.05, 0) is 37.5 Å². The van der Waals surface area contributed by atoms with Gasteiger partial charge in [0.1, 0.15) is 29.9 Å². The number of phenolic OH excluding ortho intramolecular Hbond substituents is 1. The maximum absolute atomic E-state index is 13.7. The average Bonchev–Trinajstić information content (AvgIpc) is 3.61. The summed E-state index contributed by atoms with van der Waals surface area (Å²) >= 11 is 0. The summed E-state index contributed by atoms with van der Waals surface area (Å²) in [6.45, 7) is 1.85. The molecule has 16 nitrogen and oxygen atoms in total. The normalized spacial score (nSPS) is 20.8. The van der Waals surface area contributed by atoms with Crippen LogP contribution in [-0.2, 0) is 40.0 Å². The molecule has 1 aromatic rings. The van der Waals surface area contributed by atoms with Crippen molar-refractivity contribution in [1.82, 2.24) is 31.1 Å². The van der Waals surface area contributed by atoms with Crippen molar-refractivity contribution in [1.29, 1.82) is 0 Å². The Morgan fingerprint density at radius 1 is 0.977 bits per heavy atom. The molecular formula is C28H39N7O9. The number of rotatable bonds is 12. The molecule has 240 valence electrons. The van der Waals surface area contributed by atoms with Gasteiger partial charge in [0.15, 0.2) is 0 Å². The van der Waals surface area contributed by atoms with E-state index >= 15 is 0 Å². The number of phenols is 1. The number of nitrogens with one attached hydrogen (secondary N) is 4. The van der Waals surface area contributed by atoms with Crippen LogP contribution in [0.2, 0.25) is 0 Å². The third-order valence-electron chi connectivity index (χ3n) is 7.37. The number of carbonyl (C=O) groups is 7. The topological polar surface area (TPSA) is 241 Å². The number of hydrogen-bond donors (Lipinski definition) is 7. The zero-order valence-electron chi connectivity index (χ0n) is 24.6. The summed E-state index contributed by atoms with van der Waals surface area (Å²) in [5.41, 5.74) is 5.63. The van der Waals surface area contributed by atoms with E-state index in [0.29, 0.717) is 18.4 Å². The van der Waals surface area contributed by atoms with Gasteiger partial charge in [-0.25, -0.2) is 0 Å². The minimum absolute atomic E-state index is 0.0355. The van der Waals surface area contributed by atoms with Crippen LogP contribution in [0.3, 0.4) is 0 Å². The highest BCUT2D eigenvalue weighted by atomic mass is 16.3. The number of benzene rings is 1. The van der Waals surface area contributed by atoms with Crippen molar-refractivity contribution in [3.05, 3.63) is 29.8 Å². The molecule has 2 saturated heterocycles. The van der Waals surface area contributed by atoms with E-state index in [0.717, 1.165) is 0 Å². The van der Waals surface area contributed by atoms with Crippen LogP contribution in [-0.4, -0.2) is 118 Å². The number of β-amino-alcohol motifs (C(OH)–C–C–N with tert-alkyl or cyclic N) is 1. The van der Waals surface area contributed by atoms with E-state index in [4.69, 9.17) is 5.73 Å². The fraction of sp³-hybridized carbons (Fsp3) is 0.536. The lowest BCUT2D eigenvalue weighted by Gasteiger charge is -2.32. The Hall–Kier alpha value is -4.73. The molecule has 3 rings (SSSR count). The summed E-state index contributed by atoms with van der Waals surface area (Å²) in [4.78, 5) is 89.8. The Bertz CT molecular complexity index is 1270. The molecule has 0 bridgehead atoms. The number of nitrogens with two attached hydrogens (primary N) is 1. The highest BCUT2D eigenvalue weighted by Gasteiger charge is 2.46. The van der Waals surface area contributed by atoms with Gasteiger partial charge in [-0.1, -0.05) is 12.1 Å². The molecule has 1 aromatic carbocycles. The van der Waals surface area contributed by atoms with Crippen LogP contribution in [0, 0.1) is 0 Å². The Kier molecular flexibility index (Phi) is 11.6. The van der Waals surface area contributed by atoms with Crippen LogP contribution < -0.4 is 27.0 Å². The predicted molar refractivity (Wildman–Crippen MR) is 153 cm³/mol. The lowest BCUT2D eigenvalue weighted by Crippen LogP contribution is -2.57. The van der Waals surface area contributed by atoms with Crippen molar-refractivity contribution < 1.29 is 43.8 Å². The second-order valence-electron chi connectivity index (χ2n) is 10.9. The number of likely N-dealkylation sites (tertiary alicyclic amines) is 2. The number of carbonyl (C=O) groups excluding carboxylic acids is 7. The number of aliphatic hydroxyl groups is 1. The number of nitrogens with zero attached hydrogens (tertiary/aromatic N) is 2. The smallest absolute Gasteiger partial charge is 0.246 e. The van der Waals surface area contributed by atoms with Crippen LogP contribution in [0.1, 0.15) is 38.7 Å². The van der Waals surface area contributed by atoms with Gasteiger partial charge in [-0.15, -0.1) is 0 Å². The van der Waals surface area contributed by atoms with Crippen molar-refractivity contribution in [2.24, 2.45) is 5.73 Å². The largest absolute Gasteiger partial charge is 0.508 e. The molecule has 2 aliphatic heterocycles. The Balaban J connectivity index is 1.64. The van der Waals surface area contributed by atoms with Gasteiger partial charge in [0.2, 0.25) is 41.4 Å². The van der Waals surface area contributed by atoms with E-state index in [1.165, 1.54) is 35.8 Å². The lowest BCUT2D eigenvalue weighted by molar-refractivity contribution is -0.147. The van der Waals surface area contributed by atoms with E-state index in [1.54, 1.807) is 12.1 Å². The first-order chi connectivity index (χ1) is 20.8. The van der Waals surface area contributed by atoms with Crippen molar-refractivity contribution in [3.63, 3.8) is 0 Å². The summed E-state index contributed by atoms with van der Waals surface area (Å²) in [5.74, 6) is -4.21. The zero-order valence-corrected chi connectivity index (χ0v) is 24.6. The second-order valence-corrected chi connectivity index (χ2v) is 10.9. The molecule has 0 aliphatic carbocycles. The van der Waals surface area contributed by atoms with E-state index < -0.39 is 84.7 Å². The fourth-order valence-electron chi connectivity index (χ4n) is 5.27. The van der Waals surface area contributed by atoms with Gasteiger partial charge >= 0.3 is 0 Å². The fourth-order valence-corrected chi connectivity index (χ4v) is 5.27. The van der Waals surface area contributed by atoms with Gasteiger partial charge < -0.3 is 47.0 Å². The monoisotopic (exact) mass is 617 g/mol. The molecule has 16 heteroatoms. The summed E-state index contributed by atoms with van der Waals surface area (Å²) in [6, 6.07) is 2.04. The molecule has 2 aliphatic rings. The van der Waals surface area contributed by atoms with Crippen molar-refractivity contribution in [3.8, 4) is 5.75 Å². The molecule has 2 heterocycles. The second kappa shape index (κ2) is 15.1. The first-order valence-electron chi connectivity index (χ1n) is 14.2. The van der Waals surface area contributed by atoms with Crippen molar-refractivity contribution >= 4 is 41.4 Å². The number of primary amides is 1. The maximum Gasteiger partial charge on any atom is 0.246 e. The number of aliphatic hydroxyl groups excluding tert-OH is 1. The molecule has 0 radical (unpaired) electrons. The minimum Gasteiger partial charge on any atom is -0.508 e. The first-order valence-corrected chi connectivity index (χ1v) is 14.2. The quantitative estimate of drug-likeness (QED) is 0.124. The Morgan fingerprint density at radius 3 is 2.30 bits per heavy atom. The first kappa shape index (κ1) is 33.8. The molecule has 0 saturated carbocycles. The molecule has 0 spiro atoms. The highest BCUT2D eigenvalue weighted by Crippen LogP contribution is 2.26. The number of aromatic hydroxyl groups is 1. The van der Waals surface area contributed by atoms with Gasteiger partial charge in [0, 0.05) is 32.9 Å². The molecule has 5 atom stereocenters. The molecule has 7 amide bonds. The number of amides is 7. The van der Waals surface area contributed by atoms with Gasteiger partial charge in [0.25, 0.3) is 0 Å². The zero-order chi connectivity index (χ0) is 32.6. The summed E-state index contributed by atoms with van der Waals surface area (Å²) in [7, 11) is 0. The highest BCUT2D eigenvalue weighted by molar-refractivity contribution is 5.96. The molecule has 44 heavy (non-hydrogen) atoms.